The molecule has 10 aromatic rings. The van der Waals surface area contributed by atoms with Gasteiger partial charge in [-0.15, -0.1) is 11.3 Å². The number of pyridine rings is 1. The van der Waals surface area contributed by atoms with Gasteiger partial charge in [-0.3, -0.25) is 4.98 Å². The van der Waals surface area contributed by atoms with E-state index in [-0.39, 0.29) is 0 Å². The van der Waals surface area contributed by atoms with Crippen LogP contribution in [0, 0.1) is 0 Å². The fraction of sp³-hybridized carbons (Fsp3) is 0.0208. The monoisotopic (exact) mass is 666 g/mol. The minimum absolute atomic E-state index is 0.529. The van der Waals surface area contributed by atoms with E-state index >= 15 is 0 Å². The summed E-state index contributed by atoms with van der Waals surface area (Å²) < 4.78 is 4.93. The molecule has 0 saturated carbocycles. The van der Waals surface area contributed by atoms with E-state index in [1.165, 1.54) is 81.1 Å². The predicted molar refractivity (Wildman–Crippen MR) is 214 cm³/mol. The lowest BCUT2D eigenvalue weighted by molar-refractivity contribution is 0.768. The molecule has 0 N–H and O–H groups in total. The zero-order chi connectivity index (χ0) is 33.5. The highest BCUT2D eigenvalue weighted by atomic mass is 32.1. The molecule has 3 heterocycles. The van der Waals surface area contributed by atoms with E-state index in [0.29, 0.717) is 0 Å². The molecule has 2 nitrogen and oxygen atoms in total. The standard InChI is InChI=1S/C48H30N2S/c1-3-12-33(13-4-1)48(34-14-5-2-6-15-34)41-29-32(31-22-26-45-40(28-31)47-46(51-45)20-11-27-49-47)21-24-36(41)37-25-23-35(30-42(37)48)50-43-18-9-7-16-38(43)39-17-8-10-19-44(39)50/h1-30H. The van der Waals surface area contributed by atoms with Gasteiger partial charge in [0.1, 0.15) is 0 Å². The van der Waals surface area contributed by atoms with Crippen LogP contribution in [0.3, 0.4) is 0 Å². The molecule has 51 heavy (non-hydrogen) atoms. The summed E-state index contributed by atoms with van der Waals surface area (Å²) in [5.74, 6) is 0. The van der Waals surface area contributed by atoms with E-state index in [4.69, 9.17) is 4.98 Å². The second kappa shape index (κ2) is 10.9. The fourth-order valence-corrected chi connectivity index (χ4v) is 9.82. The topological polar surface area (TPSA) is 17.8 Å². The van der Waals surface area contributed by atoms with Gasteiger partial charge >= 0.3 is 0 Å². The van der Waals surface area contributed by atoms with Crippen molar-refractivity contribution >= 4 is 53.4 Å². The highest BCUT2D eigenvalue weighted by molar-refractivity contribution is 7.25. The zero-order valence-electron chi connectivity index (χ0n) is 27.6. The maximum Gasteiger partial charge on any atom is 0.0888 e. The van der Waals surface area contributed by atoms with Crippen LogP contribution in [-0.2, 0) is 5.41 Å². The first-order chi connectivity index (χ1) is 25.3. The van der Waals surface area contributed by atoms with Crippen molar-refractivity contribution in [2.24, 2.45) is 0 Å². The van der Waals surface area contributed by atoms with Crippen LogP contribution in [0.2, 0.25) is 0 Å². The van der Waals surface area contributed by atoms with Crippen LogP contribution in [-0.4, -0.2) is 9.55 Å². The number of rotatable bonds is 4. The summed E-state index contributed by atoms with van der Waals surface area (Å²) in [7, 11) is 0. The third kappa shape index (κ3) is 4.01. The minimum Gasteiger partial charge on any atom is -0.309 e. The number of para-hydroxylation sites is 2. The highest BCUT2D eigenvalue weighted by Gasteiger charge is 2.46. The fourth-order valence-electron chi connectivity index (χ4n) is 8.77. The molecular formula is C48H30N2S. The molecule has 0 spiro atoms. The number of hydrogen-bond acceptors (Lipinski definition) is 2. The molecule has 0 amide bonds. The molecule has 11 rings (SSSR count). The molecule has 0 radical (unpaired) electrons. The molecule has 0 aliphatic heterocycles. The van der Waals surface area contributed by atoms with E-state index < -0.39 is 5.41 Å². The maximum absolute atomic E-state index is 4.77. The molecular weight excluding hydrogens is 637 g/mol. The van der Waals surface area contributed by atoms with Crippen LogP contribution in [0.1, 0.15) is 22.3 Å². The van der Waals surface area contributed by atoms with Gasteiger partial charge in [-0.05, 0) is 99.1 Å². The molecule has 0 unspecified atom stereocenters. The van der Waals surface area contributed by atoms with Crippen molar-refractivity contribution in [2.75, 3.05) is 0 Å². The Kier molecular flexibility index (Phi) is 6.07. The van der Waals surface area contributed by atoms with Crippen molar-refractivity contribution in [3.05, 3.63) is 204 Å². The van der Waals surface area contributed by atoms with Gasteiger partial charge in [0.05, 0.1) is 26.7 Å². The van der Waals surface area contributed by atoms with Crippen molar-refractivity contribution in [3.63, 3.8) is 0 Å². The molecule has 3 heteroatoms. The Morgan fingerprint density at radius 1 is 0.451 bits per heavy atom. The molecule has 1 aliphatic carbocycles. The number of thiophene rings is 1. The lowest BCUT2D eigenvalue weighted by Crippen LogP contribution is -2.28. The number of hydrogen-bond donors (Lipinski definition) is 0. The third-order valence-corrected chi connectivity index (χ3v) is 12.1. The molecule has 0 saturated heterocycles. The summed E-state index contributed by atoms with van der Waals surface area (Å²) >= 11 is 1.81. The van der Waals surface area contributed by atoms with Gasteiger partial charge in [-0.25, -0.2) is 0 Å². The Morgan fingerprint density at radius 3 is 1.75 bits per heavy atom. The van der Waals surface area contributed by atoms with Crippen molar-refractivity contribution in [1.82, 2.24) is 9.55 Å². The van der Waals surface area contributed by atoms with Crippen molar-refractivity contribution in [1.29, 1.82) is 0 Å². The normalized spacial score (nSPS) is 13.3. The van der Waals surface area contributed by atoms with E-state index in [9.17, 15) is 0 Å². The van der Waals surface area contributed by atoms with Gasteiger partial charge in [0, 0.05) is 32.7 Å². The Balaban J connectivity index is 1.20. The van der Waals surface area contributed by atoms with Gasteiger partial charge in [0.25, 0.3) is 0 Å². The Labute approximate surface area is 299 Å². The van der Waals surface area contributed by atoms with Gasteiger partial charge in [-0.2, -0.15) is 0 Å². The second-order valence-electron chi connectivity index (χ2n) is 13.5. The first kappa shape index (κ1) is 28.5. The van der Waals surface area contributed by atoms with Crippen molar-refractivity contribution in [3.8, 4) is 27.9 Å². The van der Waals surface area contributed by atoms with Crippen molar-refractivity contribution < 1.29 is 0 Å². The van der Waals surface area contributed by atoms with Gasteiger partial charge in [0.15, 0.2) is 0 Å². The first-order valence-electron chi connectivity index (χ1n) is 17.5. The Hall–Kier alpha value is -6.29. The van der Waals surface area contributed by atoms with E-state index in [0.717, 1.165) is 11.2 Å². The third-order valence-electron chi connectivity index (χ3n) is 10.9. The summed E-state index contributed by atoms with van der Waals surface area (Å²) in [4.78, 5) is 4.77. The second-order valence-corrected chi connectivity index (χ2v) is 14.6. The van der Waals surface area contributed by atoms with Crippen LogP contribution in [0.4, 0.5) is 0 Å². The van der Waals surface area contributed by atoms with Crippen LogP contribution < -0.4 is 0 Å². The van der Waals surface area contributed by atoms with Crippen LogP contribution >= 0.6 is 11.3 Å². The summed E-state index contributed by atoms with van der Waals surface area (Å²) in [5.41, 5.74) is 14.2. The van der Waals surface area contributed by atoms with E-state index in [1.807, 2.05) is 23.6 Å². The summed E-state index contributed by atoms with van der Waals surface area (Å²) in [6.07, 6.45) is 1.90. The summed E-state index contributed by atoms with van der Waals surface area (Å²) in [6, 6.07) is 65.0. The van der Waals surface area contributed by atoms with Crippen LogP contribution in [0.15, 0.2) is 182 Å². The lowest BCUT2D eigenvalue weighted by atomic mass is 9.67. The molecule has 0 bridgehead atoms. The van der Waals surface area contributed by atoms with E-state index in [2.05, 4.69) is 174 Å². The van der Waals surface area contributed by atoms with Crippen molar-refractivity contribution in [2.45, 2.75) is 5.41 Å². The average molecular weight is 667 g/mol. The molecule has 7 aromatic carbocycles. The largest absolute Gasteiger partial charge is 0.309 e. The SMILES string of the molecule is c1ccc(C2(c3ccccc3)c3cc(-c4ccc5sc6cccnc6c5c4)ccc3-c3ccc(-n4c5ccccc5c5ccccc54)cc32)cc1. The average Bonchev–Trinajstić information content (AvgIpc) is 3.84. The lowest BCUT2D eigenvalue weighted by Gasteiger charge is -2.34. The summed E-state index contributed by atoms with van der Waals surface area (Å²) in [5, 5.41) is 3.75. The number of aromatic nitrogens is 2. The van der Waals surface area contributed by atoms with Crippen LogP contribution in [0.5, 0.6) is 0 Å². The molecule has 0 fully saturated rings. The van der Waals surface area contributed by atoms with Crippen LogP contribution in [0.25, 0.3) is 70.0 Å². The number of benzene rings is 7. The van der Waals surface area contributed by atoms with Gasteiger partial charge in [0.2, 0.25) is 0 Å². The molecule has 238 valence electrons. The first-order valence-corrected chi connectivity index (χ1v) is 18.3. The maximum atomic E-state index is 4.77. The molecule has 0 atom stereocenters. The van der Waals surface area contributed by atoms with Gasteiger partial charge < -0.3 is 4.57 Å². The van der Waals surface area contributed by atoms with E-state index in [1.54, 1.807) is 0 Å². The predicted octanol–water partition coefficient (Wildman–Crippen LogP) is 12.6. The number of nitrogens with zero attached hydrogens (tertiary/aromatic N) is 2. The zero-order valence-corrected chi connectivity index (χ0v) is 28.4. The van der Waals surface area contributed by atoms with Gasteiger partial charge in [-0.1, -0.05) is 121 Å². The highest BCUT2D eigenvalue weighted by Crippen LogP contribution is 2.57. The summed E-state index contributed by atoms with van der Waals surface area (Å²) in [6.45, 7) is 0. The molecule has 3 aromatic heterocycles. The Morgan fingerprint density at radius 2 is 1.04 bits per heavy atom. The Bertz CT molecular complexity index is 2880. The quantitative estimate of drug-likeness (QED) is 0.183. The number of fused-ring (bicyclic) bond motifs is 9. The smallest absolute Gasteiger partial charge is 0.0888 e. The molecule has 1 aliphatic rings. The minimum atomic E-state index is -0.529.